The number of pyridine rings is 1. The van der Waals surface area contributed by atoms with Crippen LogP contribution < -0.4 is 5.73 Å². The van der Waals surface area contributed by atoms with Crippen molar-refractivity contribution in [1.82, 2.24) is 4.98 Å². The molecule has 1 aliphatic carbocycles. The van der Waals surface area contributed by atoms with Gasteiger partial charge in [-0.2, -0.15) is 10.5 Å². The van der Waals surface area contributed by atoms with Crippen LogP contribution in [0.25, 0.3) is 22.3 Å². The third-order valence-corrected chi connectivity index (χ3v) is 8.06. The van der Waals surface area contributed by atoms with E-state index < -0.39 is 0 Å². The minimum atomic E-state index is -0.311. The Morgan fingerprint density at radius 2 is 1.49 bits per heavy atom. The van der Waals surface area contributed by atoms with E-state index in [-0.39, 0.29) is 17.3 Å². The van der Waals surface area contributed by atoms with E-state index in [0.29, 0.717) is 33.3 Å². The highest BCUT2D eigenvalue weighted by molar-refractivity contribution is 9.10. The van der Waals surface area contributed by atoms with Gasteiger partial charge in [-0.1, -0.05) is 85.4 Å². The summed E-state index contributed by atoms with van der Waals surface area (Å²) in [5.74, 6) is -0.237. The average Bonchev–Trinajstić information content (AvgIpc) is 2.88. The lowest BCUT2D eigenvalue weighted by molar-refractivity contribution is 0.821. The fourth-order valence-corrected chi connectivity index (χ4v) is 5.88. The third-order valence-electron chi connectivity index (χ3n) is 6.45. The van der Waals surface area contributed by atoms with Crippen LogP contribution in [0.1, 0.15) is 40.3 Å². The van der Waals surface area contributed by atoms with Gasteiger partial charge in [0.25, 0.3) is 0 Å². The van der Waals surface area contributed by atoms with Gasteiger partial charge >= 0.3 is 0 Å². The molecule has 0 saturated carbocycles. The molecular weight excluding hydrogens is 635 g/mol. The smallest absolute Gasteiger partial charge is 0.142 e. The Labute approximate surface area is 241 Å². The molecular formula is C29H16Br2Cl2N4. The number of aromatic nitrogens is 1. The molecule has 1 atom stereocenters. The maximum atomic E-state index is 10.4. The van der Waals surface area contributed by atoms with E-state index in [0.717, 1.165) is 36.8 Å². The van der Waals surface area contributed by atoms with Crippen LogP contribution in [0.3, 0.4) is 0 Å². The first-order chi connectivity index (χ1) is 17.8. The van der Waals surface area contributed by atoms with Crippen LogP contribution in [-0.2, 0) is 0 Å². The fraction of sp³-hybridized carbons (Fsp3) is 0.0690. The summed E-state index contributed by atoms with van der Waals surface area (Å²) in [6, 6.07) is 25.5. The first-order valence-corrected chi connectivity index (χ1v) is 13.5. The van der Waals surface area contributed by atoms with Gasteiger partial charge in [-0.3, -0.25) is 0 Å². The predicted molar refractivity (Wildman–Crippen MR) is 156 cm³/mol. The summed E-state index contributed by atoms with van der Waals surface area (Å²) < 4.78 is 1.83. The van der Waals surface area contributed by atoms with Crippen LogP contribution in [-0.4, -0.2) is 4.98 Å². The van der Waals surface area contributed by atoms with Crippen molar-refractivity contribution in [1.29, 1.82) is 10.5 Å². The van der Waals surface area contributed by atoms with Gasteiger partial charge in [-0.25, -0.2) is 4.98 Å². The average molecular weight is 651 g/mol. The highest BCUT2D eigenvalue weighted by Gasteiger charge is 2.35. The zero-order valence-corrected chi connectivity index (χ0v) is 23.8. The largest absolute Gasteiger partial charge is 0.383 e. The highest BCUT2D eigenvalue weighted by Crippen LogP contribution is 2.51. The number of nitrogen functional groups attached to an aromatic ring is 1. The number of benzene rings is 3. The minimum Gasteiger partial charge on any atom is -0.383 e. The second-order valence-electron chi connectivity index (χ2n) is 8.52. The van der Waals surface area contributed by atoms with Crippen molar-refractivity contribution in [2.45, 2.75) is 12.3 Å². The van der Waals surface area contributed by atoms with Crippen LogP contribution in [0, 0.1) is 22.7 Å². The molecule has 0 aliphatic heterocycles. The summed E-state index contributed by atoms with van der Waals surface area (Å²) in [6.45, 7) is 0. The number of nitriles is 2. The van der Waals surface area contributed by atoms with Gasteiger partial charge in [0.15, 0.2) is 0 Å². The summed E-state index contributed by atoms with van der Waals surface area (Å²) in [5.41, 5.74) is 12.2. The van der Waals surface area contributed by atoms with E-state index in [2.05, 4.69) is 49.0 Å². The topological polar surface area (TPSA) is 86.5 Å². The number of halogens is 4. The van der Waals surface area contributed by atoms with Crippen molar-refractivity contribution in [2.75, 3.05) is 5.73 Å². The molecule has 0 amide bonds. The molecule has 1 heterocycles. The number of hydrogen-bond donors (Lipinski definition) is 1. The molecule has 1 unspecified atom stereocenters. The lowest BCUT2D eigenvalue weighted by atomic mass is 9.73. The van der Waals surface area contributed by atoms with Crippen molar-refractivity contribution in [3.63, 3.8) is 0 Å². The molecule has 0 spiro atoms. The molecule has 1 aliphatic rings. The third kappa shape index (κ3) is 4.67. The standard InChI is InChI=1S/C29H16Br2Cl2N4/c30-17-5-1-15(2-6-17)21-12-22(20-10-9-19(32)11-25(20)33)27-26(16-3-7-18(31)8-4-16)24(14-35)29(36)37-28(27)23(21)13-34/h1-11,22H,12H2,(H2,36,37). The summed E-state index contributed by atoms with van der Waals surface area (Å²) in [6.07, 6.45) is 0.471. The number of nitrogens with zero attached hydrogens (tertiary/aromatic N) is 3. The van der Waals surface area contributed by atoms with Gasteiger partial charge in [0.05, 0.1) is 11.3 Å². The van der Waals surface area contributed by atoms with Crippen molar-refractivity contribution in [3.05, 3.63) is 114 Å². The van der Waals surface area contributed by atoms with Crippen LogP contribution in [0.5, 0.6) is 0 Å². The van der Waals surface area contributed by atoms with Crippen molar-refractivity contribution >= 4 is 72.0 Å². The van der Waals surface area contributed by atoms with Crippen molar-refractivity contribution in [3.8, 4) is 23.3 Å². The lowest BCUT2D eigenvalue weighted by Gasteiger charge is -2.31. The number of anilines is 1. The van der Waals surface area contributed by atoms with Crippen LogP contribution in [0.15, 0.2) is 75.7 Å². The monoisotopic (exact) mass is 648 g/mol. The first-order valence-electron chi connectivity index (χ1n) is 11.2. The number of rotatable bonds is 3. The molecule has 3 aromatic carbocycles. The van der Waals surface area contributed by atoms with Gasteiger partial charge in [-0.15, -0.1) is 0 Å². The zero-order valence-electron chi connectivity index (χ0n) is 19.1. The normalized spacial score (nSPS) is 14.6. The van der Waals surface area contributed by atoms with Gasteiger partial charge < -0.3 is 5.73 Å². The molecule has 2 N–H and O–H groups in total. The van der Waals surface area contributed by atoms with Crippen molar-refractivity contribution < 1.29 is 0 Å². The number of fused-ring (bicyclic) bond motifs is 1. The predicted octanol–water partition coefficient (Wildman–Crippen LogP) is 9.00. The SMILES string of the molecule is N#CC1=C(c2ccc(Br)cc2)CC(c2ccc(Cl)cc2Cl)c2c1nc(N)c(C#N)c2-c1ccc(Br)cc1. The molecule has 0 saturated heterocycles. The summed E-state index contributed by atoms with van der Waals surface area (Å²) in [5, 5.41) is 21.5. The first kappa shape index (κ1) is 25.5. The number of hydrogen-bond acceptors (Lipinski definition) is 4. The minimum absolute atomic E-state index is 0.0740. The Balaban J connectivity index is 1.91. The maximum absolute atomic E-state index is 10.4. The Hall–Kier alpha value is -3.13. The van der Waals surface area contributed by atoms with E-state index in [1.54, 1.807) is 12.1 Å². The van der Waals surface area contributed by atoms with Gasteiger partial charge in [0.2, 0.25) is 0 Å². The van der Waals surface area contributed by atoms with E-state index in [1.165, 1.54) is 0 Å². The molecule has 8 heteroatoms. The second-order valence-corrected chi connectivity index (χ2v) is 11.2. The molecule has 0 fully saturated rings. The quantitative estimate of drug-likeness (QED) is 0.240. The Kier molecular flexibility index (Phi) is 7.12. The fourth-order valence-electron chi connectivity index (χ4n) is 4.81. The summed E-state index contributed by atoms with van der Waals surface area (Å²) >= 11 is 19.9. The molecule has 180 valence electrons. The van der Waals surface area contributed by atoms with Crippen LogP contribution in [0.4, 0.5) is 5.82 Å². The van der Waals surface area contributed by atoms with Gasteiger partial charge in [0, 0.05) is 30.5 Å². The van der Waals surface area contributed by atoms with E-state index in [1.807, 2.05) is 54.6 Å². The van der Waals surface area contributed by atoms with E-state index in [4.69, 9.17) is 28.9 Å². The second kappa shape index (κ2) is 10.3. The Bertz CT molecular complexity index is 1670. The lowest BCUT2D eigenvalue weighted by Crippen LogP contribution is -2.17. The Morgan fingerprint density at radius 1 is 0.865 bits per heavy atom. The maximum Gasteiger partial charge on any atom is 0.142 e. The van der Waals surface area contributed by atoms with Gasteiger partial charge in [-0.05, 0) is 70.6 Å². The molecule has 5 rings (SSSR count). The van der Waals surface area contributed by atoms with Crippen molar-refractivity contribution in [2.24, 2.45) is 0 Å². The number of nitrogens with two attached hydrogens (primary N) is 1. The Morgan fingerprint density at radius 3 is 2.05 bits per heavy atom. The zero-order chi connectivity index (χ0) is 26.3. The molecule has 37 heavy (non-hydrogen) atoms. The molecule has 0 radical (unpaired) electrons. The molecule has 4 nitrogen and oxygen atoms in total. The van der Waals surface area contributed by atoms with Crippen LogP contribution in [0.2, 0.25) is 10.0 Å². The highest BCUT2D eigenvalue weighted by atomic mass is 79.9. The summed E-state index contributed by atoms with van der Waals surface area (Å²) in [4.78, 5) is 4.64. The van der Waals surface area contributed by atoms with E-state index in [9.17, 15) is 10.5 Å². The summed E-state index contributed by atoms with van der Waals surface area (Å²) in [7, 11) is 0. The van der Waals surface area contributed by atoms with Gasteiger partial charge in [0.1, 0.15) is 23.5 Å². The molecule has 4 aromatic rings. The molecule has 0 bridgehead atoms. The molecule has 1 aromatic heterocycles. The van der Waals surface area contributed by atoms with Crippen LogP contribution >= 0.6 is 55.1 Å². The number of allylic oxidation sites excluding steroid dienone is 2. The van der Waals surface area contributed by atoms with E-state index >= 15 is 0 Å².